The first-order valence-corrected chi connectivity index (χ1v) is 6.50. The van der Waals surface area contributed by atoms with Gasteiger partial charge in [-0.25, -0.2) is 0 Å². The Labute approximate surface area is 98.8 Å². The summed E-state index contributed by atoms with van der Waals surface area (Å²) in [6.07, 6.45) is 4.42. The predicted octanol–water partition coefficient (Wildman–Crippen LogP) is 1.73. The smallest absolute Gasteiger partial charge is 0.222 e. The van der Waals surface area contributed by atoms with E-state index >= 15 is 0 Å². The summed E-state index contributed by atoms with van der Waals surface area (Å²) in [5.74, 6) is 0.351. The van der Waals surface area contributed by atoms with Crippen molar-refractivity contribution in [3.8, 4) is 0 Å². The Morgan fingerprint density at radius 1 is 1.12 bits per heavy atom. The molecular weight excluding hydrogens is 200 g/mol. The highest BCUT2D eigenvalue weighted by molar-refractivity contribution is 5.77. The monoisotopic (exact) mass is 224 g/mol. The van der Waals surface area contributed by atoms with Crippen LogP contribution in [0.25, 0.3) is 0 Å². The summed E-state index contributed by atoms with van der Waals surface area (Å²) in [6, 6.07) is 0.652. The van der Waals surface area contributed by atoms with Crippen molar-refractivity contribution in [2.45, 2.75) is 45.6 Å². The Morgan fingerprint density at radius 2 is 1.69 bits per heavy atom. The fourth-order valence-electron chi connectivity index (χ4n) is 3.02. The maximum absolute atomic E-state index is 11.8. The van der Waals surface area contributed by atoms with Gasteiger partial charge in [0, 0.05) is 26.1 Å². The summed E-state index contributed by atoms with van der Waals surface area (Å²) in [7, 11) is 1.93. The van der Waals surface area contributed by atoms with Gasteiger partial charge in [0.25, 0.3) is 0 Å². The molecular formula is C13H24N2O. The van der Waals surface area contributed by atoms with E-state index in [4.69, 9.17) is 0 Å². The number of carbonyl (C=O) groups excluding carboxylic acids is 1. The second-order valence-corrected chi connectivity index (χ2v) is 5.87. The van der Waals surface area contributed by atoms with Crippen LogP contribution in [0.2, 0.25) is 0 Å². The van der Waals surface area contributed by atoms with E-state index < -0.39 is 0 Å². The molecule has 0 aromatic rings. The Kier molecular flexibility index (Phi) is 3.24. The lowest BCUT2D eigenvalue weighted by molar-refractivity contribution is -0.138. The highest BCUT2D eigenvalue weighted by Gasteiger charge is 2.40. The van der Waals surface area contributed by atoms with E-state index in [1.165, 1.54) is 32.4 Å². The van der Waals surface area contributed by atoms with Gasteiger partial charge in [0.2, 0.25) is 5.91 Å². The van der Waals surface area contributed by atoms with E-state index in [0.717, 1.165) is 13.0 Å². The Morgan fingerprint density at radius 3 is 2.19 bits per heavy atom. The summed E-state index contributed by atoms with van der Waals surface area (Å²) in [6.45, 7) is 7.83. The minimum Gasteiger partial charge on any atom is -0.346 e. The summed E-state index contributed by atoms with van der Waals surface area (Å²) in [4.78, 5) is 16.2. The molecule has 2 rings (SSSR count). The maximum Gasteiger partial charge on any atom is 0.222 e. The summed E-state index contributed by atoms with van der Waals surface area (Å²) < 4.78 is 0. The van der Waals surface area contributed by atoms with Crippen molar-refractivity contribution in [1.82, 2.24) is 9.80 Å². The SMILES string of the molecule is CC(C)N1CCC2(CCN(C)C(=O)C2)CC1. The van der Waals surface area contributed by atoms with E-state index in [0.29, 0.717) is 17.4 Å². The third-order valence-electron chi connectivity index (χ3n) is 4.52. The van der Waals surface area contributed by atoms with Crippen LogP contribution in [0.15, 0.2) is 0 Å². The second kappa shape index (κ2) is 4.36. The van der Waals surface area contributed by atoms with Crippen molar-refractivity contribution in [2.24, 2.45) is 5.41 Å². The molecule has 92 valence electrons. The zero-order valence-corrected chi connectivity index (χ0v) is 10.8. The number of carbonyl (C=O) groups is 1. The second-order valence-electron chi connectivity index (χ2n) is 5.87. The number of nitrogens with zero attached hydrogens (tertiary/aromatic N) is 2. The van der Waals surface area contributed by atoms with Crippen molar-refractivity contribution in [3.05, 3.63) is 0 Å². The zero-order valence-electron chi connectivity index (χ0n) is 10.8. The van der Waals surface area contributed by atoms with Gasteiger partial charge in [-0.15, -0.1) is 0 Å². The molecule has 0 unspecified atom stereocenters. The van der Waals surface area contributed by atoms with E-state index in [-0.39, 0.29) is 0 Å². The Bertz CT molecular complexity index is 267. The van der Waals surface area contributed by atoms with E-state index in [9.17, 15) is 4.79 Å². The molecule has 0 aromatic carbocycles. The van der Waals surface area contributed by atoms with E-state index in [1.807, 2.05) is 11.9 Å². The van der Waals surface area contributed by atoms with Crippen LogP contribution in [0.4, 0.5) is 0 Å². The van der Waals surface area contributed by atoms with Gasteiger partial charge in [-0.2, -0.15) is 0 Å². The topological polar surface area (TPSA) is 23.6 Å². The summed E-state index contributed by atoms with van der Waals surface area (Å²) >= 11 is 0. The molecule has 0 bridgehead atoms. The molecule has 0 N–H and O–H groups in total. The standard InChI is InChI=1S/C13H24N2O/c1-11(2)15-8-5-13(6-9-15)4-7-14(3)12(16)10-13/h11H,4-10H2,1-3H3. The van der Waals surface area contributed by atoms with Gasteiger partial charge in [0.05, 0.1) is 0 Å². The minimum absolute atomic E-state index is 0.342. The number of rotatable bonds is 1. The molecule has 0 aliphatic carbocycles. The molecule has 3 heteroatoms. The Balaban J connectivity index is 1.94. The highest BCUT2D eigenvalue weighted by Crippen LogP contribution is 2.41. The summed E-state index contributed by atoms with van der Waals surface area (Å²) in [5, 5.41) is 0. The molecule has 0 atom stereocenters. The normalized spacial score (nSPS) is 26.8. The molecule has 0 radical (unpaired) electrons. The van der Waals surface area contributed by atoms with Crippen molar-refractivity contribution in [2.75, 3.05) is 26.7 Å². The number of hydrogen-bond acceptors (Lipinski definition) is 2. The first-order chi connectivity index (χ1) is 7.52. The predicted molar refractivity (Wildman–Crippen MR) is 65.2 cm³/mol. The van der Waals surface area contributed by atoms with Crippen LogP contribution in [0.1, 0.15) is 39.5 Å². The first kappa shape index (κ1) is 11.9. The Hall–Kier alpha value is -0.570. The van der Waals surface area contributed by atoms with Crippen molar-refractivity contribution >= 4 is 5.91 Å². The molecule has 2 aliphatic rings. The van der Waals surface area contributed by atoms with Crippen LogP contribution in [0, 0.1) is 5.41 Å². The maximum atomic E-state index is 11.8. The molecule has 1 spiro atoms. The van der Waals surface area contributed by atoms with Crippen LogP contribution >= 0.6 is 0 Å². The number of hydrogen-bond donors (Lipinski definition) is 0. The van der Waals surface area contributed by atoms with Crippen molar-refractivity contribution in [1.29, 1.82) is 0 Å². The number of amides is 1. The third-order valence-corrected chi connectivity index (χ3v) is 4.52. The van der Waals surface area contributed by atoms with Gasteiger partial charge < -0.3 is 9.80 Å². The van der Waals surface area contributed by atoms with Crippen molar-refractivity contribution < 1.29 is 4.79 Å². The van der Waals surface area contributed by atoms with Gasteiger partial charge in [0.1, 0.15) is 0 Å². The molecule has 2 aliphatic heterocycles. The molecule has 16 heavy (non-hydrogen) atoms. The van der Waals surface area contributed by atoms with Crippen LogP contribution in [-0.2, 0) is 4.79 Å². The molecule has 0 aromatic heterocycles. The van der Waals surface area contributed by atoms with Crippen LogP contribution in [0.5, 0.6) is 0 Å². The van der Waals surface area contributed by atoms with Gasteiger partial charge >= 0.3 is 0 Å². The average molecular weight is 224 g/mol. The molecule has 3 nitrogen and oxygen atoms in total. The molecule has 1 amide bonds. The van der Waals surface area contributed by atoms with Gasteiger partial charge in [0.15, 0.2) is 0 Å². The first-order valence-electron chi connectivity index (χ1n) is 6.50. The fraction of sp³-hybridized carbons (Fsp3) is 0.923. The lowest BCUT2D eigenvalue weighted by Crippen LogP contribution is -2.49. The minimum atomic E-state index is 0.342. The van der Waals surface area contributed by atoms with Crippen LogP contribution in [-0.4, -0.2) is 48.4 Å². The largest absolute Gasteiger partial charge is 0.346 e. The third kappa shape index (κ3) is 2.24. The highest BCUT2D eigenvalue weighted by atomic mass is 16.2. The van der Waals surface area contributed by atoms with E-state index in [1.54, 1.807) is 0 Å². The van der Waals surface area contributed by atoms with Gasteiger partial charge in [-0.3, -0.25) is 4.79 Å². The van der Waals surface area contributed by atoms with Crippen molar-refractivity contribution in [3.63, 3.8) is 0 Å². The van der Waals surface area contributed by atoms with Gasteiger partial charge in [-0.1, -0.05) is 0 Å². The quantitative estimate of drug-likeness (QED) is 0.677. The molecule has 0 saturated carbocycles. The van der Waals surface area contributed by atoms with E-state index in [2.05, 4.69) is 18.7 Å². The lowest BCUT2D eigenvalue weighted by Gasteiger charge is -2.46. The van der Waals surface area contributed by atoms with Crippen LogP contribution < -0.4 is 0 Å². The zero-order chi connectivity index (χ0) is 11.8. The summed E-state index contributed by atoms with van der Waals surface area (Å²) in [5.41, 5.74) is 0.342. The average Bonchev–Trinajstić information content (AvgIpc) is 2.25. The molecule has 2 saturated heterocycles. The molecule has 2 fully saturated rings. The van der Waals surface area contributed by atoms with Gasteiger partial charge in [-0.05, 0) is 51.6 Å². The number of likely N-dealkylation sites (tertiary alicyclic amines) is 2. The van der Waals surface area contributed by atoms with Crippen LogP contribution in [0.3, 0.4) is 0 Å². The molecule has 2 heterocycles. The fourth-order valence-corrected chi connectivity index (χ4v) is 3.02. The lowest BCUT2D eigenvalue weighted by atomic mass is 9.71. The number of piperidine rings is 2.